The van der Waals surface area contributed by atoms with Crippen molar-refractivity contribution in [1.29, 1.82) is 0 Å². The quantitative estimate of drug-likeness (QED) is 0.419. The number of ether oxygens (including phenoxy) is 2. The zero-order chi connectivity index (χ0) is 17.3. The minimum Gasteiger partial charge on any atom is -0.437 e. The molecular formula is C17H20ClN3O3. The van der Waals surface area contributed by atoms with E-state index < -0.39 is 5.60 Å². The molecular weight excluding hydrogens is 330 g/mol. The van der Waals surface area contributed by atoms with Gasteiger partial charge in [0, 0.05) is 12.0 Å². The summed E-state index contributed by atoms with van der Waals surface area (Å²) in [5.41, 5.74) is 1.15. The van der Waals surface area contributed by atoms with Crippen LogP contribution in [0, 0.1) is 0 Å². The highest BCUT2D eigenvalue weighted by Gasteiger charge is 2.23. The van der Waals surface area contributed by atoms with Crippen LogP contribution < -0.4 is 4.74 Å². The number of pyridine rings is 1. The Hall–Kier alpha value is -1.89. The number of imidazole rings is 1. The number of aromatic nitrogens is 3. The molecule has 0 atom stereocenters. The first-order valence-electron chi connectivity index (χ1n) is 7.78. The lowest BCUT2D eigenvalue weighted by atomic mass is 10.1. The molecule has 0 bridgehead atoms. The van der Waals surface area contributed by atoms with E-state index in [2.05, 4.69) is 9.97 Å². The van der Waals surface area contributed by atoms with Gasteiger partial charge in [0.15, 0.2) is 11.9 Å². The Bertz CT molecular complexity index is 871. The molecule has 0 aliphatic carbocycles. The smallest absolute Gasteiger partial charge is 0.299 e. The molecule has 1 aromatic carbocycles. The van der Waals surface area contributed by atoms with Gasteiger partial charge in [-0.3, -0.25) is 4.57 Å². The molecule has 0 amide bonds. The minimum atomic E-state index is -0.950. The number of fused-ring (bicyclic) bond motifs is 3. The molecule has 0 aliphatic heterocycles. The predicted octanol–water partition coefficient (Wildman–Crippen LogP) is 3.38. The highest BCUT2D eigenvalue weighted by Crippen LogP contribution is 2.33. The number of para-hydroxylation sites is 1. The van der Waals surface area contributed by atoms with Gasteiger partial charge in [-0.25, -0.2) is 4.98 Å². The van der Waals surface area contributed by atoms with Crippen molar-refractivity contribution < 1.29 is 14.6 Å². The van der Waals surface area contributed by atoms with Gasteiger partial charge in [-0.2, -0.15) is 4.98 Å². The van der Waals surface area contributed by atoms with Crippen molar-refractivity contribution in [2.24, 2.45) is 0 Å². The van der Waals surface area contributed by atoms with Crippen LogP contribution in [-0.2, 0) is 11.3 Å². The van der Waals surface area contributed by atoms with E-state index in [1.807, 2.05) is 35.8 Å². The normalized spacial score (nSPS) is 12.2. The fourth-order valence-corrected chi connectivity index (χ4v) is 2.82. The number of aliphatic hydroxyl groups is 1. The van der Waals surface area contributed by atoms with Crippen molar-refractivity contribution in [1.82, 2.24) is 14.5 Å². The summed E-state index contributed by atoms with van der Waals surface area (Å²) in [4.78, 5) is 8.86. The Labute approximate surface area is 145 Å². The van der Waals surface area contributed by atoms with Crippen molar-refractivity contribution in [2.75, 3.05) is 13.4 Å². The molecule has 0 fully saturated rings. The van der Waals surface area contributed by atoms with Crippen LogP contribution in [0.5, 0.6) is 6.01 Å². The first-order valence-corrected chi connectivity index (χ1v) is 8.16. The Morgan fingerprint density at radius 1 is 1.25 bits per heavy atom. The summed E-state index contributed by atoms with van der Waals surface area (Å²) < 4.78 is 12.7. The van der Waals surface area contributed by atoms with Gasteiger partial charge in [0.25, 0.3) is 6.01 Å². The summed E-state index contributed by atoms with van der Waals surface area (Å²) in [6, 6.07) is 8.03. The third kappa shape index (κ3) is 3.31. The third-order valence-corrected chi connectivity index (χ3v) is 3.79. The molecule has 0 radical (unpaired) electrons. The molecule has 0 aliphatic rings. The lowest BCUT2D eigenvalue weighted by Crippen LogP contribution is -2.26. The Morgan fingerprint density at radius 3 is 2.71 bits per heavy atom. The highest BCUT2D eigenvalue weighted by atomic mass is 35.5. The summed E-state index contributed by atoms with van der Waals surface area (Å²) in [5.74, 6) is 0. The molecule has 0 saturated carbocycles. The molecule has 7 heteroatoms. The second kappa shape index (κ2) is 6.55. The van der Waals surface area contributed by atoms with Gasteiger partial charge in [-0.1, -0.05) is 29.8 Å². The second-order valence-corrected chi connectivity index (χ2v) is 6.52. The van der Waals surface area contributed by atoms with Crippen molar-refractivity contribution >= 4 is 33.5 Å². The van der Waals surface area contributed by atoms with Gasteiger partial charge >= 0.3 is 0 Å². The maximum atomic E-state index is 10.3. The van der Waals surface area contributed by atoms with Crippen LogP contribution in [0.3, 0.4) is 0 Å². The average molecular weight is 350 g/mol. The molecule has 3 rings (SSSR count). The number of rotatable bonds is 6. The fourth-order valence-electron chi connectivity index (χ4n) is 2.60. The summed E-state index contributed by atoms with van der Waals surface area (Å²) in [5, 5.41) is 11.5. The lowest BCUT2D eigenvalue weighted by molar-refractivity contribution is 0.00930. The van der Waals surface area contributed by atoms with Gasteiger partial charge < -0.3 is 14.6 Å². The zero-order valence-corrected chi connectivity index (χ0v) is 14.7. The topological polar surface area (TPSA) is 69.4 Å². The Morgan fingerprint density at radius 2 is 2.00 bits per heavy atom. The van der Waals surface area contributed by atoms with Crippen LogP contribution in [0.4, 0.5) is 0 Å². The third-order valence-electron chi connectivity index (χ3n) is 3.53. The van der Waals surface area contributed by atoms with Crippen molar-refractivity contribution in [3.8, 4) is 6.01 Å². The van der Waals surface area contributed by atoms with Gasteiger partial charge in [0.05, 0.1) is 23.2 Å². The summed E-state index contributed by atoms with van der Waals surface area (Å²) >= 11 is 6.32. The largest absolute Gasteiger partial charge is 0.437 e. The molecule has 24 heavy (non-hydrogen) atoms. The van der Waals surface area contributed by atoms with E-state index >= 15 is 0 Å². The number of halogens is 1. The van der Waals surface area contributed by atoms with E-state index in [9.17, 15) is 5.11 Å². The van der Waals surface area contributed by atoms with Crippen molar-refractivity contribution in [3.63, 3.8) is 0 Å². The SMILES string of the molecule is CCOCOc1nc2c(Cl)nc3ccccc3c2n1CC(C)(C)O. The van der Waals surface area contributed by atoms with Crippen LogP contribution in [0.25, 0.3) is 21.9 Å². The lowest BCUT2D eigenvalue weighted by Gasteiger charge is -2.20. The van der Waals surface area contributed by atoms with E-state index in [0.717, 1.165) is 16.4 Å². The number of nitrogens with zero attached hydrogens (tertiary/aromatic N) is 3. The molecule has 6 nitrogen and oxygen atoms in total. The summed E-state index contributed by atoms with van der Waals surface area (Å²) in [7, 11) is 0. The van der Waals surface area contributed by atoms with Crippen LogP contribution in [0.15, 0.2) is 24.3 Å². The van der Waals surface area contributed by atoms with Crippen LogP contribution in [0.1, 0.15) is 20.8 Å². The predicted molar refractivity (Wildman–Crippen MR) is 93.5 cm³/mol. The van der Waals surface area contributed by atoms with Crippen molar-refractivity contribution in [3.05, 3.63) is 29.4 Å². The standard InChI is InChI=1S/C17H20ClN3O3/c1-4-23-10-24-16-20-13-14(21(16)9-17(2,3)22)11-7-5-6-8-12(11)19-15(13)18/h5-8,22H,4,9-10H2,1-3H3. The Kier molecular flexibility index (Phi) is 4.62. The first-order chi connectivity index (χ1) is 11.4. The molecule has 2 aromatic heterocycles. The number of hydrogen-bond acceptors (Lipinski definition) is 5. The molecule has 0 spiro atoms. The molecule has 0 saturated heterocycles. The summed E-state index contributed by atoms with van der Waals surface area (Å²) in [6.07, 6.45) is 0. The van der Waals surface area contributed by atoms with Gasteiger partial charge in [0.2, 0.25) is 0 Å². The van der Waals surface area contributed by atoms with Crippen LogP contribution in [0.2, 0.25) is 5.15 Å². The summed E-state index contributed by atoms with van der Waals surface area (Å²) in [6.45, 7) is 6.27. The minimum absolute atomic E-state index is 0.0780. The van der Waals surface area contributed by atoms with Crippen LogP contribution >= 0.6 is 11.6 Å². The van der Waals surface area contributed by atoms with Gasteiger partial charge in [0.1, 0.15) is 5.52 Å². The zero-order valence-electron chi connectivity index (χ0n) is 13.9. The maximum absolute atomic E-state index is 10.3. The van der Waals surface area contributed by atoms with E-state index in [1.54, 1.807) is 13.8 Å². The molecule has 0 unspecified atom stereocenters. The number of hydrogen-bond donors (Lipinski definition) is 1. The van der Waals surface area contributed by atoms with E-state index in [0.29, 0.717) is 29.8 Å². The molecule has 128 valence electrons. The van der Waals surface area contributed by atoms with E-state index in [-0.39, 0.29) is 6.79 Å². The van der Waals surface area contributed by atoms with E-state index in [4.69, 9.17) is 21.1 Å². The monoisotopic (exact) mass is 349 g/mol. The molecule has 3 aromatic rings. The average Bonchev–Trinajstić information content (AvgIpc) is 2.86. The van der Waals surface area contributed by atoms with E-state index in [1.165, 1.54) is 0 Å². The fraction of sp³-hybridized carbons (Fsp3) is 0.412. The first kappa shape index (κ1) is 17.0. The molecule has 2 heterocycles. The maximum Gasteiger partial charge on any atom is 0.299 e. The number of benzene rings is 1. The van der Waals surface area contributed by atoms with Crippen molar-refractivity contribution in [2.45, 2.75) is 32.9 Å². The van der Waals surface area contributed by atoms with Gasteiger partial charge in [-0.05, 0) is 26.8 Å². The Balaban J connectivity index is 2.24. The highest BCUT2D eigenvalue weighted by molar-refractivity contribution is 6.35. The second-order valence-electron chi connectivity index (χ2n) is 6.16. The molecule has 1 N–H and O–H groups in total. The van der Waals surface area contributed by atoms with Gasteiger partial charge in [-0.15, -0.1) is 0 Å². The van der Waals surface area contributed by atoms with Crippen LogP contribution in [-0.4, -0.2) is 38.6 Å².